The minimum atomic E-state index is -4.17. The normalized spacial score (nSPS) is 15.7. The molecular formula is C22H25NO5S2. The van der Waals surface area contributed by atoms with Crippen molar-refractivity contribution in [1.29, 1.82) is 0 Å². The zero-order valence-corrected chi connectivity index (χ0v) is 18.4. The quantitative estimate of drug-likeness (QED) is 0.348. The predicted molar refractivity (Wildman–Crippen MR) is 121 cm³/mol. The number of hydrogen-bond donors (Lipinski definition) is 4. The van der Waals surface area contributed by atoms with Crippen LogP contribution in [0.4, 0.5) is 0 Å². The van der Waals surface area contributed by atoms with Gasteiger partial charge in [-0.05, 0) is 29.7 Å². The molecule has 0 spiro atoms. The fourth-order valence-electron chi connectivity index (χ4n) is 2.79. The molecule has 2 aromatic carbocycles. The Balaban J connectivity index is 2.23. The third-order valence-corrected chi connectivity index (χ3v) is 7.17. The van der Waals surface area contributed by atoms with E-state index in [0.29, 0.717) is 5.56 Å². The van der Waals surface area contributed by atoms with Crippen LogP contribution >= 0.6 is 12.6 Å². The standard InChI is InChI=1S/C22H25NO5S2/c1-16(19-8-4-3-5-9-19)22(2,21(25)26)23-30(27,28)20(29)10-6-7-17-11-13-18(15-24)14-12-17/h3-14,16,23-24,29H,15H2,1-2H3,(H,25,26)/b7-6+,20-10+/t16?,22-/m0/s1. The molecular weight excluding hydrogens is 422 g/mol. The number of benzene rings is 2. The number of thiol groups is 1. The van der Waals surface area contributed by atoms with Gasteiger partial charge in [0, 0.05) is 5.92 Å². The van der Waals surface area contributed by atoms with E-state index < -0.39 is 27.4 Å². The molecule has 0 aliphatic rings. The highest BCUT2D eigenvalue weighted by atomic mass is 32.3. The summed E-state index contributed by atoms with van der Waals surface area (Å²) in [7, 11) is -4.17. The first kappa shape index (κ1) is 23.9. The molecule has 3 N–H and O–H groups in total. The molecule has 0 saturated heterocycles. The lowest BCUT2D eigenvalue weighted by molar-refractivity contribution is -0.144. The summed E-state index contributed by atoms with van der Waals surface area (Å²) in [6.45, 7) is 2.94. The summed E-state index contributed by atoms with van der Waals surface area (Å²) >= 11 is 4.06. The van der Waals surface area contributed by atoms with Crippen molar-refractivity contribution in [3.63, 3.8) is 0 Å². The average Bonchev–Trinajstić information content (AvgIpc) is 2.73. The van der Waals surface area contributed by atoms with Crippen molar-refractivity contribution in [3.8, 4) is 0 Å². The summed E-state index contributed by atoms with van der Waals surface area (Å²) in [6, 6.07) is 15.9. The first-order valence-electron chi connectivity index (χ1n) is 9.19. The van der Waals surface area contributed by atoms with Gasteiger partial charge in [-0.3, -0.25) is 4.79 Å². The van der Waals surface area contributed by atoms with Gasteiger partial charge in [-0.15, -0.1) is 12.6 Å². The number of aliphatic hydroxyl groups is 1. The number of carbonyl (C=O) groups is 1. The number of aliphatic carboxylic acids is 1. The second-order valence-electron chi connectivity index (χ2n) is 7.01. The molecule has 0 saturated carbocycles. The van der Waals surface area contributed by atoms with Crippen LogP contribution in [0.1, 0.15) is 36.5 Å². The highest BCUT2D eigenvalue weighted by Crippen LogP contribution is 2.30. The summed E-state index contributed by atoms with van der Waals surface area (Å²) in [5, 5.41) is 18.8. The van der Waals surface area contributed by atoms with E-state index in [-0.39, 0.29) is 10.8 Å². The van der Waals surface area contributed by atoms with E-state index in [1.54, 1.807) is 67.6 Å². The van der Waals surface area contributed by atoms with Gasteiger partial charge in [0.05, 0.1) is 6.61 Å². The van der Waals surface area contributed by atoms with E-state index in [4.69, 9.17) is 5.11 Å². The first-order chi connectivity index (χ1) is 14.1. The summed E-state index contributed by atoms with van der Waals surface area (Å²) in [5.74, 6) is -1.92. The maximum absolute atomic E-state index is 12.7. The zero-order valence-electron chi connectivity index (χ0n) is 16.7. The molecule has 8 heteroatoms. The number of aliphatic hydroxyl groups excluding tert-OH is 1. The minimum absolute atomic E-state index is 0.0572. The number of hydrogen-bond acceptors (Lipinski definition) is 5. The first-order valence-corrected chi connectivity index (χ1v) is 11.1. The number of nitrogens with one attached hydrogen (secondary N) is 1. The topological polar surface area (TPSA) is 104 Å². The molecule has 0 aromatic heterocycles. The third-order valence-electron chi connectivity index (χ3n) is 4.92. The van der Waals surface area contributed by atoms with Crippen molar-refractivity contribution in [1.82, 2.24) is 4.72 Å². The number of carboxylic acid groups (broad SMARTS) is 1. The summed E-state index contributed by atoms with van der Waals surface area (Å²) < 4.78 is 27.5. The molecule has 0 heterocycles. The van der Waals surface area contributed by atoms with Crippen molar-refractivity contribution in [2.75, 3.05) is 0 Å². The van der Waals surface area contributed by atoms with Crippen LogP contribution in [0.25, 0.3) is 6.08 Å². The van der Waals surface area contributed by atoms with E-state index in [9.17, 15) is 18.3 Å². The SMILES string of the molecule is CC(c1ccccc1)[C@](C)(NS(=O)(=O)/C(S)=C/C=C/c1ccc(CO)cc1)C(=O)O. The van der Waals surface area contributed by atoms with Gasteiger partial charge in [0.2, 0.25) is 10.0 Å². The van der Waals surface area contributed by atoms with Gasteiger partial charge in [-0.25, -0.2) is 8.42 Å². The maximum atomic E-state index is 12.7. The molecule has 1 unspecified atom stereocenters. The van der Waals surface area contributed by atoms with Gasteiger partial charge in [-0.1, -0.05) is 73.7 Å². The molecule has 2 rings (SSSR count). The Morgan fingerprint density at radius 3 is 2.30 bits per heavy atom. The van der Waals surface area contributed by atoms with Gasteiger partial charge in [-0.2, -0.15) is 4.72 Å². The molecule has 6 nitrogen and oxygen atoms in total. The highest BCUT2D eigenvalue weighted by molar-refractivity contribution is 8.09. The van der Waals surface area contributed by atoms with Gasteiger partial charge >= 0.3 is 5.97 Å². The van der Waals surface area contributed by atoms with Crippen molar-refractivity contribution in [3.05, 3.63) is 87.7 Å². The fraction of sp³-hybridized carbons (Fsp3) is 0.227. The Bertz CT molecular complexity index is 1030. The van der Waals surface area contributed by atoms with E-state index in [1.165, 1.54) is 19.1 Å². The van der Waals surface area contributed by atoms with Gasteiger partial charge in [0.1, 0.15) is 9.78 Å². The molecule has 2 aromatic rings. The number of rotatable bonds is 9. The molecule has 0 aliphatic carbocycles. The predicted octanol–water partition coefficient (Wildman–Crippen LogP) is 3.53. The maximum Gasteiger partial charge on any atom is 0.325 e. The van der Waals surface area contributed by atoms with Crippen LogP contribution < -0.4 is 4.72 Å². The van der Waals surface area contributed by atoms with Crippen LogP contribution in [-0.4, -0.2) is 30.1 Å². The van der Waals surface area contributed by atoms with Crippen LogP contribution in [0, 0.1) is 0 Å². The number of sulfonamides is 1. The molecule has 0 aliphatic heterocycles. The van der Waals surface area contributed by atoms with E-state index in [0.717, 1.165) is 11.1 Å². The Hall–Kier alpha value is -2.39. The van der Waals surface area contributed by atoms with Gasteiger partial charge < -0.3 is 10.2 Å². The Morgan fingerprint density at radius 2 is 1.77 bits per heavy atom. The molecule has 0 amide bonds. The Morgan fingerprint density at radius 1 is 1.17 bits per heavy atom. The van der Waals surface area contributed by atoms with Crippen LogP contribution in [0.3, 0.4) is 0 Å². The fourth-order valence-corrected chi connectivity index (χ4v) is 4.20. The largest absolute Gasteiger partial charge is 0.480 e. The number of carboxylic acids is 1. The lowest BCUT2D eigenvalue weighted by Crippen LogP contribution is -2.55. The van der Waals surface area contributed by atoms with Crippen molar-refractivity contribution in [2.24, 2.45) is 0 Å². The van der Waals surface area contributed by atoms with Crippen LogP contribution in [0.5, 0.6) is 0 Å². The van der Waals surface area contributed by atoms with Crippen molar-refractivity contribution >= 4 is 34.7 Å². The van der Waals surface area contributed by atoms with Crippen molar-refractivity contribution < 1.29 is 23.4 Å². The zero-order chi connectivity index (χ0) is 22.4. The molecule has 30 heavy (non-hydrogen) atoms. The molecule has 0 radical (unpaired) electrons. The second-order valence-corrected chi connectivity index (χ2v) is 9.44. The third kappa shape index (κ3) is 5.82. The smallest absolute Gasteiger partial charge is 0.325 e. The average molecular weight is 448 g/mol. The lowest BCUT2D eigenvalue weighted by Gasteiger charge is -2.32. The Labute approximate surface area is 182 Å². The lowest BCUT2D eigenvalue weighted by atomic mass is 9.83. The highest BCUT2D eigenvalue weighted by Gasteiger charge is 2.43. The van der Waals surface area contributed by atoms with E-state index in [1.807, 2.05) is 0 Å². The molecule has 2 atom stereocenters. The Kier molecular flexibility index (Phi) is 8.03. The van der Waals surface area contributed by atoms with Crippen LogP contribution in [0.15, 0.2) is 71.0 Å². The molecule has 0 bridgehead atoms. The second kappa shape index (κ2) is 10.1. The van der Waals surface area contributed by atoms with E-state index in [2.05, 4.69) is 17.4 Å². The van der Waals surface area contributed by atoms with Crippen LogP contribution in [-0.2, 0) is 21.4 Å². The van der Waals surface area contributed by atoms with E-state index >= 15 is 0 Å². The van der Waals surface area contributed by atoms with Gasteiger partial charge in [0.25, 0.3) is 0 Å². The van der Waals surface area contributed by atoms with Crippen LogP contribution in [0.2, 0.25) is 0 Å². The summed E-state index contributed by atoms with van der Waals surface area (Å²) in [5.41, 5.74) is 0.500. The summed E-state index contributed by atoms with van der Waals surface area (Å²) in [6.07, 6.45) is 4.46. The minimum Gasteiger partial charge on any atom is -0.480 e. The monoisotopic (exact) mass is 447 g/mol. The molecule has 160 valence electrons. The number of allylic oxidation sites excluding steroid dienone is 2. The molecule has 0 fully saturated rings. The van der Waals surface area contributed by atoms with Crippen molar-refractivity contribution in [2.45, 2.75) is 31.9 Å². The summed E-state index contributed by atoms with van der Waals surface area (Å²) in [4.78, 5) is 12.0. The van der Waals surface area contributed by atoms with Gasteiger partial charge in [0.15, 0.2) is 0 Å².